The van der Waals surface area contributed by atoms with Gasteiger partial charge in [0.1, 0.15) is 5.75 Å². The van der Waals surface area contributed by atoms with E-state index in [2.05, 4.69) is 13.2 Å². The normalized spacial score (nSPS) is 26.6. The Balaban J connectivity index is 1.89. The number of hydrogen-bond donors (Lipinski definition) is 1. The minimum absolute atomic E-state index is 0.0214. The van der Waals surface area contributed by atoms with Crippen LogP contribution in [0.2, 0.25) is 0 Å². The van der Waals surface area contributed by atoms with Gasteiger partial charge in [0.25, 0.3) is 5.24 Å². The molecular formula is C29H41NO6S. The predicted octanol–water partition coefficient (Wildman–Crippen LogP) is 6.28. The molecule has 8 heteroatoms. The largest absolute Gasteiger partial charge is 0.497 e. The summed E-state index contributed by atoms with van der Waals surface area (Å²) in [5.41, 5.74) is 0.982. The fraction of sp³-hybridized carbons (Fsp3) is 0.586. The molecule has 5 atom stereocenters. The molecule has 3 rings (SSSR count). The summed E-state index contributed by atoms with van der Waals surface area (Å²) in [6, 6.07) is 7.34. The predicted molar refractivity (Wildman–Crippen MR) is 147 cm³/mol. The van der Waals surface area contributed by atoms with E-state index < -0.39 is 17.7 Å². The van der Waals surface area contributed by atoms with Crippen molar-refractivity contribution in [3.63, 3.8) is 0 Å². The standard InChI is InChI=1S/C29H41NO6S/c1-5-7-9-11-24-17-22(25(27(31)32)12-10-8-6-2)18-29(35-4,36-24)26-20-37-28(33)30(26)19-21-13-15-23(34-3)16-14-21/h5-6,13-16,22,24-26H,1-2,7-12,17-20H2,3-4H3,(H,31,32)/t22-,24-,25-,26+,29?/m1/s1. The van der Waals surface area contributed by atoms with Crippen LogP contribution >= 0.6 is 11.8 Å². The lowest BCUT2D eigenvalue weighted by Crippen LogP contribution is -2.60. The van der Waals surface area contributed by atoms with Crippen LogP contribution in [0.4, 0.5) is 4.79 Å². The summed E-state index contributed by atoms with van der Waals surface area (Å²) in [7, 11) is 3.24. The number of methoxy groups -OCH3 is 2. The van der Waals surface area contributed by atoms with Crippen molar-refractivity contribution in [1.29, 1.82) is 0 Å². The van der Waals surface area contributed by atoms with E-state index in [1.807, 2.05) is 41.3 Å². The number of amides is 1. The van der Waals surface area contributed by atoms with Crippen molar-refractivity contribution in [2.24, 2.45) is 11.8 Å². The van der Waals surface area contributed by atoms with Crippen LogP contribution < -0.4 is 4.74 Å². The highest BCUT2D eigenvalue weighted by atomic mass is 32.2. The number of hydrogen-bond acceptors (Lipinski definition) is 6. The van der Waals surface area contributed by atoms with E-state index in [4.69, 9.17) is 14.2 Å². The molecule has 7 nitrogen and oxygen atoms in total. The Morgan fingerprint density at radius 2 is 1.95 bits per heavy atom. The number of carbonyl (C=O) groups is 2. The van der Waals surface area contributed by atoms with E-state index in [1.165, 1.54) is 11.8 Å². The lowest BCUT2D eigenvalue weighted by atomic mass is 9.75. The summed E-state index contributed by atoms with van der Waals surface area (Å²) in [5, 5.41) is 10.1. The Labute approximate surface area is 225 Å². The van der Waals surface area contributed by atoms with E-state index in [0.717, 1.165) is 43.4 Å². The summed E-state index contributed by atoms with van der Waals surface area (Å²) in [6.45, 7) is 8.02. The summed E-state index contributed by atoms with van der Waals surface area (Å²) >= 11 is 1.27. The molecule has 0 bridgehead atoms. The van der Waals surface area contributed by atoms with Crippen molar-refractivity contribution in [2.45, 2.75) is 75.8 Å². The Kier molecular flexibility index (Phi) is 11.1. The number of rotatable bonds is 15. The van der Waals surface area contributed by atoms with Gasteiger partial charge in [-0.25, -0.2) is 0 Å². The smallest absolute Gasteiger partial charge is 0.306 e. The van der Waals surface area contributed by atoms with Gasteiger partial charge in [-0.2, -0.15) is 0 Å². The Morgan fingerprint density at radius 1 is 1.24 bits per heavy atom. The molecule has 1 unspecified atom stereocenters. The third-order valence-corrected chi connectivity index (χ3v) is 8.53. The number of thioether (sulfide) groups is 1. The van der Waals surface area contributed by atoms with Gasteiger partial charge in [0.2, 0.25) is 0 Å². The first kappa shape index (κ1) is 29.3. The summed E-state index contributed by atoms with van der Waals surface area (Å²) in [6.07, 6.45) is 9.39. The van der Waals surface area contributed by atoms with Crippen molar-refractivity contribution in [1.82, 2.24) is 4.90 Å². The van der Waals surface area contributed by atoms with Crippen LogP contribution in [0.5, 0.6) is 5.75 Å². The van der Waals surface area contributed by atoms with Gasteiger partial charge in [-0.05, 0) is 68.6 Å². The molecule has 0 spiro atoms. The fourth-order valence-electron chi connectivity index (χ4n) is 5.58. The third-order valence-electron chi connectivity index (χ3n) is 7.56. The average molecular weight is 532 g/mol. The number of aliphatic carboxylic acids is 1. The minimum Gasteiger partial charge on any atom is -0.497 e. The van der Waals surface area contributed by atoms with Gasteiger partial charge >= 0.3 is 5.97 Å². The second-order valence-corrected chi connectivity index (χ2v) is 10.9. The molecule has 0 saturated carbocycles. The molecular weight excluding hydrogens is 490 g/mol. The number of carboxylic acid groups (broad SMARTS) is 1. The quantitative estimate of drug-likeness (QED) is 0.210. The van der Waals surface area contributed by atoms with Crippen LogP contribution in [-0.2, 0) is 20.8 Å². The van der Waals surface area contributed by atoms with Gasteiger partial charge in [0.05, 0.1) is 25.2 Å². The number of unbranched alkanes of at least 4 members (excludes halogenated alkanes) is 2. The van der Waals surface area contributed by atoms with Crippen LogP contribution in [0, 0.1) is 11.8 Å². The lowest BCUT2D eigenvalue weighted by molar-refractivity contribution is -0.302. The maximum atomic E-state index is 13.0. The van der Waals surface area contributed by atoms with Crippen LogP contribution in [0.3, 0.4) is 0 Å². The number of benzene rings is 1. The first-order valence-electron chi connectivity index (χ1n) is 13.1. The van der Waals surface area contributed by atoms with Gasteiger partial charge < -0.3 is 24.2 Å². The molecule has 37 heavy (non-hydrogen) atoms. The van der Waals surface area contributed by atoms with Crippen molar-refractivity contribution in [3.05, 3.63) is 55.1 Å². The minimum atomic E-state index is -1.07. The van der Waals surface area contributed by atoms with Crippen molar-refractivity contribution < 1.29 is 28.9 Å². The van der Waals surface area contributed by atoms with Crippen LogP contribution in [0.25, 0.3) is 0 Å². The summed E-state index contributed by atoms with van der Waals surface area (Å²) in [4.78, 5) is 27.3. The maximum absolute atomic E-state index is 13.0. The first-order chi connectivity index (χ1) is 17.9. The van der Waals surface area contributed by atoms with Gasteiger partial charge in [0.15, 0.2) is 5.79 Å². The number of carboxylic acids is 1. The molecule has 2 aliphatic rings. The zero-order chi connectivity index (χ0) is 26.8. The molecule has 2 heterocycles. The lowest BCUT2D eigenvalue weighted by Gasteiger charge is -2.49. The molecule has 204 valence electrons. The molecule has 2 saturated heterocycles. The molecule has 0 aliphatic carbocycles. The molecule has 0 aromatic heterocycles. The number of ether oxygens (including phenoxy) is 3. The molecule has 1 aromatic rings. The summed E-state index contributed by atoms with van der Waals surface area (Å²) < 4.78 is 18.1. The monoisotopic (exact) mass is 531 g/mol. The highest BCUT2D eigenvalue weighted by Gasteiger charge is 2.54. The maximum Gasteiger partial charge on any atom is 0.306 e. The highest BCUT2D eigenvalue weighted by Crippen LogP contribution is 2.46. The summed E-state index contributed by atoms with van der Waals surface area (Å²) in [5.74, 6) is -1.18. The van der Waals surface area contributed by atoms with Crippen LogP contribution in [-0.4, -0.2) is 59.1 Å². The van der Waals surface area contributed by atoms with Crippen LogP contribution in [0.1, 0.15) is 56.9 Å². The molecule has 1 amide bonds. The Hall–Kier alpha value is -2.29. The molecule has 1 N–H and O–H groups in total. The van der Waals surface area contributed by atoms with Crippen molar-refractivity contribution >= 4 is 23.0 Å². The number of nitrogens with zero attached hydrogens (tertiary/aromatic N) is 1. The molecule has 2 fully saturated rings. The van der Waals surface area contributed by atoms with Gasteiger partial charge in [-0.15, -0.1) is 13.2 Å². The van der Waals surface area contributed by atoms with E-state index in [1.54, 1.807) is 14.2 Å². The Bertz CT molecular complexity index is 921. The topological polar surface area (TPSA) is 85.3 Å². The molecule has 0 radical (unpaired) electrons. The number of allylic oxidation sites excluding steroid dienone is 2. The highest BCUT2D eigenvalue weighted by molar-refractivity contribution is 8.13. The van der Waals surface area contributed by atoms with E-state index >= 15 is 0 Å². The average Bonchev–Trinajstić information content (AvgIpc) is 3.27. The van der Waals surface area contributed by atoms with Gasteiger partial charge in [-0.1, -0.05) is 36.0 Å². The third kappa shape index (κ3) is 7.39. The van der Waals surface area contributed by atoms with Gasteiger partial charge in [0, 0.05) is 25.8 Å². The second kappa shape index (κ2) is 14.0. The molecule has 2 aliphatic heterocycles. The van der Waals surface area contributed by atoms with E-state index in [-0.39, 0.29) is 23.3 Å². The SMILES string of the molecule is C=CCCC[C@@H]1C[C@@H]([C@@H](CCCC=C)C(=O)O)CC(OC)([C@@H]2CSC(=O)N2Cc2ccc(OC)cc2)O1. The van der Waals surface area contributed by atoms with Crippen LogP contribution in [0.15, 0.2) is 49.6 Å². The Morgan fingerprint density at radius 3 is 2.57 bits per heavy atom. The van der Waals surface area contributed by atoms with Crippen molar-refractivity contribution in [3.8, 4) is 5.75 Å². The zero-order valence-electron chi connectivity index (χ0n) is 22.1. The van der Waals surface area contributed by atoms with Gasteiger partial charge in [-0.3, -0.25) is 9.59 Å². The fourth-order valence-corrected chi connectivity index (χ4v) is 6.67. The zero-order valence-corrected chi connectivity index (χ0v) is 22.9. The molecule has 1 aromatic carbocycles. The number of carbonyl (C=O) groups excluding carboxylic acids is 1. The second-order valence-electron chi connectivity index (χ2n) is 9.91. The first-order valence-corrected chi connectivity index (χ1v) is 14.1. The van der Waals surface area contributed by atoms with Crippen molar-refractivity contribution in [2.75, 3.05) is 20.0 Å². The van der Waals surface area contributed by atoms with E-state index in [0.29, 0.717) is 31.6 Å². The van der Waals surface area contributed by atoms with E-state index in [9.17, 15) is 14.7 Å².